The van der Waals surface area contributed by atoms with E-state index in [0.29, 0.717) is 13.2 Å². The van der Waals surface area contributed by atoms with Gasteiger partial charge in [-0.25, -0.2) is 0 Å². The second kappa shape index (κ2) is 5.49. The summed E-state index contributed by atoms with van der Waals surface area (Å²) < 4.78 is 16.1. The van der Waals surface area contributed by atoms with E-state index in [9.17, 15) is 0 Å². The van der Waals surface area contributed by atoms with E-state index < -0.39 is 0 Å². The van der Waals surface area contributed by atoms with Crippen LogP contribution >= 0.6 is 0 Å². The fraction of sp³-hybridized carbons (Fsp3) is 0.538. The predicted molar refractivity (Wildman–Crippen MR) is 65.4 cm³/mol. The zero-order chi connectivity index (χ0) is 12.1. The van der Waals surface area contributed by atoms with Gasteiger partial charge in [0, 0.05) is 13.7 Å². The summed E-state index contributed by atoms with van der Waals surface area (Å²) >= 11 is 0. The van der Waals surface area contributed by atoms with E-state index in [4.69, 9.17) is 14.2 Å². The number of benzene rings is 1. The van der Waals surface area contributed by atoms with E-state index in [1.54, 1.807) is 14.2 Å². The van der Waals surface area contributed by atoms with Crippen molar-refractivity contribution in [3.63, 3.8) is 0 Å². The molecule has 0 saturated carbocycles. The van der Waals surface area contributed by atoms with Crippen LogP contribution in [0.4, 0.5) is 0 Å². The van der Waals surface area contributed by atoms with Crippen LogP contribution < -0.4 is 10.1 Å². The zero-order valence-corrected chi connectivity index (χ0v) is 10.4. The van der Waals surface area contributed by atoms with Crippen LogP contribution in [0.2, 0.25) is 0 Å². The molecule has 1 heterocycles. The molecule has 1 unspecified atom stereocenters. The largest absolute Gasteiger partial charge is 0.497 e. The van der Waals surface area contributed by atoms with Gasteiger partial charge in [-0.05, 0) is 17.7 Å². The van der Waals surface area contributed by atoms with Crippen LogP contribution in [0.1, 0.15) is 5.56 Å². The number of hydrogen-bond donors (Lipinski definition) is 1. The van der Waals surface area contributed by atoms with Crippen molar-refractivity contribution in [1.29, 1.82) is 0 Å². The molecule has 0 amide bonds. The highest BCUT2D eigenvalue weighted by Gasteiger charge is 2.34. The molecule has 0 aliphatic carbocycles. The summed E-state index contributed by atoms with van der Waals surface area (Å²) in [5.74, 6) is 0.859. The molecule has 0 aromatic heterocycles. The number of hydrogen-bond acceptors (Lipinski definition) is 4. The Morgan fingerprint density at radius 2 is 2.06 bits per heavy atom. The maximum absolute atomic E-state index is 5.58. The van der Waals surface area contributed by atoms with Crippen molar-refractivity contribution in [2.75, 3.05) is 40.6 Å². The molecule has 1 N–H and O–H groups in total. The van der Waals surface area contributed by atoms with E-state index in [1.165, 1.54) is 5.56 Å². The first-order chi connectivity index (χ1) is 8.30. The number of methoxy groups -OCH3 is 2. The molecule has 4 heteroatoms. The first-order valence-corrected chi connectivity index (χ1v) is 5.77. The van der Waals surface area contributed by atoms with E-state index in [1.807, 2.05) is 12.1 Å². The number of nitrogens with one attached hydrogen (secondary N) is 1. The molecule has 0 radical (unpaired) electrons. The Balaban J connectivity index is 2.24. The number of morpholine rings is 1. The van der Waals surface area contributed by atoms with Gasteiger partial charge >= 0.3 is 0 Å². The normalized spacial score (nSPS) is 24.6. The monoisotopic (exact) mass is 237 g/mol. The Labute approximate surface area is 102 Å². The van der Waals surface area contributed by atoms with Gasteiger partial charge < -0.3 is 19.5 Å². The van der Waals surface area contributed by atoms with Gasteiger partial charge in [-0.3, -0.25) is 0 Å². The lowest BCUT2D eigenvalue weighted by atomic mass is 9.90. The molecule has 17 heavy (non-hydrogen) atoms. The lowest BCUT2D eigenvalue weighted by Gasteiger charge is -2.38. The van der Waals surface area contributed by atoms with Crippen LogP contribution in [0.25, 0.3) is 0 Å². The third-order valence-electron chi connectivity index (χ3n) is 3.09. The van der Waals surface area contributed by atoms with Crippen molar-refractivity contribution < 1.29 is 14.2 Å². The first-order valence-electron chi connectivity index (χ1n) is 5.77. The Morgan fingerprint density at radius 3 is 2.59 bits per heavy atom. The maximum Gasteiger partial charge on any atom is 0.118 e. The highest BCUT2D eigenvalue weighted by Crippen LogP contribution is 2.26. The molecule has 4 nitrogen and oxygen atoms in total. The second-order valence-corrected chi connectivity index (χ2v) is 4.22. The average molecular weight is 237 g/mol. The Kier molecular flexibility index (Phi) is 3.99. The molecule has 94 valence electrons. The molecule has 1 aromatic rings. The molecule has 1 atom stereocenters. The minimum Gasteiger partial charge on any atom is -0.497 e. The van der Waals surface area contributed by atoms with Crippen molar-refractivity contribution in [2.45, 2.75) is 5.54 Å². The number of rotatable bonds is 4. The van der Waals surface area contributed by atoms with E-state index >= 15 is 0 Å². The smallest absolute Gasteiger partial charge is 0.118 e. The van der Waals surface area contributed by atoms with Crippen molar-refractivity contribution >= 4 is 0 Å². The van der Waals surface area contributed by atoms with Gasteiger partial charge in [-0.2, -0.15) is 0 Å². The fourth-order valence-electron chi connectivity index (χ4n) is 2.18. The minimum absolute atomic E-state index is 0.237. The summed E-state index contributed by atoms with van der Waals surface area (Å²) in [6.07, 6.45) is 0. The lowest BCUT2D eigenvalue weighted by Crippen LogP contribution is -2.54. The van der Waals surface area contributed by atoms with Crippen LogP contribution in [0, 0.1) is 0 Å². The molecule has 0 spiro atoms. The van der Waals surface area contributed by atoms with Gasteiger partial charge in [0.25, 0.3) is 0 Å². The molecule has 1 aliphatic heterocycles. The van der Waals surface area contributed by atoms with E-state index in [0.717, 1.165) is 18.9 Å². The van der Waals surface area contributed by atoms with Crippen molar-refractivity contribution in [3.8, 4) is 5.75 Å². The summed E-state index contributed by atoms with van der Waals surface area (Å²) in [5.41, 5.74) is 0.930. The fourth-order valence-corrected chi connectivity index (χ4v) is 2.18. The molecule has 1 aliphatic rings. The highest BCUT2D eigenvalue weighted by molar-refractivity contribution is 5.32. The summed E-state index contributed by atoms with van der Waals surface area (Å²) in [7, 11) is 3.38. The van der Waals surface area contributed by atoms with Gasteiger partial charge in [0.1, 0.15) is 5.75 Å². The molecule has 1 saturated heterocycles. The van der Waals surface area contributed by atoms with Crippen molar-refractivity contribution in [1.82, 2.24) is 5.32 Å². The summed E-state index contributed by atoms with van der Waals surface area (Å²) in [5, 5.41) is 3.50. The summed E-state index contributed by atoms with van der Waals surface area (Å²) in [6.45, 7) is 2.82. The highest BCUT2D eigenvalue weighted by atomic mass is 16.5. The summed E-state index contributed by atoms with van der Waals surface area (Å²) in [4.78, 5) is 0. The average Bonchev–Trinajstić information content (AvgIpc) is 2.40. The van der Waals surface area contributed by atoms with Crippen LogP contribution in [0.5, 0.6) is 5.75 Å². The second-order valence-electron chi connectivity index (χ2n) is 4.22. The molecular formula is C13H19NO3. The van der Waals surface area contributed by atoms with Crippen LogP contribution in [0.15, 0.2) is 24.3 Å². The molecule has 1 aromatic carbocycles. The number of ether oxygens (including phenoxy) is 3. The van der Waals surface area contributed by atoms with Crippen molar-refractivity contribution in [2.24, 2.45) is 0 Å². The maximum atomic E-state index is 5.58. The molecular weight excluding hydrogens is 218 g/mol. The van der Waals surface area contributed by atoms with E-state index in [-0.39, 0.29) is 5.54 Å². The molecule has 2 rings (SSSR count). The quantitative estimate of drug-likeness (QED) is 0.853. The Bertz CT molecular complexity index is 339. The zero-order valence-electron chi connectivity index (χ0n) is 10.4. The first kappa shape index (κ1) is 12.4. The van der Waals surface area contributed by atoms with Crippen LogP contribution in [0.3, 0.4) is 0 Å². The van der Waals surface area contributed by atoms with Crippen LogP contribution in [-0.2, 0) is 15.0 Å². The van der Waals surface area contributed by atoms with Gasteiger partial charge in [-0.1, -0.05) is 12.1 Å². The van der Waals surface area contributed by atoms with Crippen LogP contribution in [-0.4, -0.2) is 40.6 Å². The molecule has 0 bridgehead atoms. The minimum atomic E-state index is -0.237. The van der Waals surface area contributed by atoms with E-state index in [2.05, 4.69) is 17.4 Å². The standard InChI is InChI=1S/C13H19NO3/c1-15-9-13(10-17-8-7-14-13)11-3-5-12(16-2)6-4-11/h3-6,14H,7-10H2,1-2H3. The van der Waals surface area contributed by atoms with Gasteiger partial charge in [0.2, 0.25) is 0 Å². The van der Waals surface area contributed by atoms with Gasteiger partial charge in [-0.15, -0.1) is 0 Å². The van der Waals surface area contributed by atoms with Gasteiger partial charge in [0.05, 0.1) is 32.5 Å². The third kappa shape index (κ3) is 2.60. The van der Waals surface area contributed by atoms with Crippen molar-refractivity contribution in [3.05, 3.63) is 29.8 Å². The lowest BCUT2D eigenvalue weighted by molar-refractivity contribution is -0.0147. The van der Waals surface area contributed by atoms with Gasteiger partial charge in [0.15, 0.2) is 0 Å². The Morgan fingerprint density at radius 1 is 1.29 bits per heavy atom. The molecule has 1 fully saturated rings. The third-order valence-corrected chi connectivity index (χ3v) is 3.09. The topological polar surface area (TPSA) is 39.7 Å². The SMILES string of the molecule is COCC1(c2ccc(OC)cc2)COCCN1. The summed E-state index contributed by atoms with van der Waals surface area (Å²) in [6, 6.07) is 8.03. The predicted octanol–water partition coefficient (Wildman–Crippen LogP) is 1.16. The Hall–Kier alpha value is -1.10.